The lowest BCUT2D eigenvalue weighted by Gasteiger charge is -2.32. The number of anilines is 2. The Hall–Kier alpha value is -2.96. The molecule has 1 aliphatic rings. The standard InChI is InChI=1S/C21H27N5O2/c1-15-13-18(19(28)26-11-9-25(14-27)10-12-26)24-20(22-15)23-17-8-6-5-7-16(17)21(2,3)4/h5-8,13-14H,9-12H2,1-4H3,(H,22,23,24). The smallest absolute Gasteiger partial charge is 0.272 e. The van der Waals surface area contributed by atoms with Crippen LogP contribution in [-0.4, -0.2) is 58.3 Å². The van der Waals surface area contributed by atoms with Gasteiger partial charge in [0.25, 0.3) is 5.91 Å². The van der Waals surface area contributed by atoms with Gasteiger partial charge in [0.15, 0.2) is 0 Å². The van der Waals surface area contributed by atoms with Crippen molar-refractivity contribution in [1.82, 2.24) is 19.8 Å². The lowest BCUT2D eigenvalue weighted by molar-refractivity contribution is -0.119. The maximum Gasteiger partial charge on any atom is 0.272 e. The van der Waals surface area contributed by atoms with Gasteiger partial charge in [0, 0.05) is 37.6 Å². The Bertz CT molecular complexity index is 867. The lowest BCUT2D eigenvalue weighted by Crippen LogP contribution is -2.48. The van der Waals surface area contributed by atoms with Crippen LogP contribution in [0.1, 0.15) is 42.5 Å². The van der Waals surface area contributed by atoms with Gasteiger partial charge < -0.3 is 15.1 Å². The summed E-state index contributed by atoms with van der Waals surface area (Å²) in [7, 11) is 0. The van der Waals surface area contributed by atoms with E-state index in [1.165, 1.54) is 0 Å². The second kappa shape index (κ2) is 7.96. The van der Waals surface area contributed by atoms with Crippen LogP contribution in [0.25, 0.3) is 0 Å². The van der Waals surface area contributed by atoms with E-state index < -0.39 is 0 Å². The van der Waals surface area contributed by atoms with E-state index >= 15 is 0 Å². The zero-order valence-corrected chi connectivity index (χ0v) is 16.9. The molecule has 1 aromatic heterocycles. The first-order valence-corrected chi connectivity index (χ1v) is 9.49. The van der Waals surface area contributed by atoms with E-state index in [1.54, 1.807) is 15.9 Å². The summed E-state index contributed by atoms with van der Waals surface area (Å²) < 4.78 is 0. The molecule has 28 heavy (non-hydrogen) atoms. The van der Waals surface area contributed by atoms with E-state index in [2.05, 4.69) is 42.1 Å². The number of benzene rings is 1. The molecule has 0 aliphatic carbocycles. The Morgan fingerprint density at radius 3 is 2.43 bits per heavy atom. The molecule has 0 radical (unpaired) electrons. The number of aromatic nitrogens is 2. The molecule has 0 saturated carbocycles. The minimum atomic E-state index is -0.136. The zero-order valence-electron chi connectivity index (χ0n) is 16.9. The molecule has 7 nitrogen and oxygen atoms in total. The number of para-hydroxylation sites is 1. The number of carbonyl (C=O) groups is 2. The summed E-state index contributed by atoms with van der Waals surface area (Å²) in [6.45, 7) is 10.4. The number of nitrogens with one attached hydrogen (secondary N) is 1. The van der Waals surface area contributed by atoms with Gasteiger partial charge in [-0.05, 0) is 30.0 Å². The Morgan fingerprint density at radius 1 is 1.11 bits per heavy atom. The molecule has 3 rings (SSSR count). The summed E-state index contributed by atoms with van der Waals surface area (Å²) >= 11 is 0. The van der Waals surface area contributed by atoms with Crippen LogP contribution in [0.3, 0.4) is 0 Å². The second-order valence-electron chi connectivity index (χ2n) is 8.07. The third kappa shape index (κ3) is 4.47. The van der Waals surface area contributed by atoms with E-state index in [9.17, 15) is 9.59 Å². The molecule has 1 N–H and O–H groups in total. The highest BCUT2D eigenvalue weighted by Gasteiger charge is 2.23. The van der Waals surface area contributed by atoms with Crippen LogP contribution < -0.4 is 5.32 Å². The summed E-state index contributed by atoms with van der Waals surface area (Å²) in [5, 5.41) is 3.29. The molecule has 2 amide bonds. The topological polar surface area (TPSA) is 78.4 Å². The fraction of sp³-hybridized carbons (Fsp3) is 0.429. The quantitative estimate of drug-likeness (QED) is 0.824. The van der Waals surface area contributed by atoms with Crippen LogP contribution in [-0.2, 0) is 10.2 Å². The molecule has 1 aliphatic heterocycles. The molecule has 2 heterocycles. The largest absolute Gasteiger partial charge is 0.342 e. The van der Waals surface area contributed by atoms with E-state index in [-0.39, 0.29) is 11.3 Å². The molecule has 1 saturated heterocycles. The van der Waals surface area contributed by atoms with Crippen molar-refractivity contribution < 1.29 is 9.59 Å². The van der Waals surface area contributed by atoms with Gasteiger partial charge in [0.1, 0.15) is 5.69 Å². The van der Waals surface area contributed by atoms with Gasteiger partial charge >= 0.3 is 0 Å². The van der Waals surface area contributed by atoms with Crippen LogP contribution in [0.15, 0.2) is 30.3 Å². The van der Waals surface area contributed by atoms with Gasteiger partial charge in [0.05, 0.1) is 0 Å². The van der Waals surface area contributed by atoms with Crippen LogP contribution in [0.4, 0.5) is 11.6 Å². The molecule has 7 heteroatoms. The Morgan fingerprint density at radius 2 is 1.79 bits per heavy atom. The van der Waals surface area contributed by atoms with Crippen LogP contribution in [0, 0.1) is 6.92 Å². The Balaban J connectivity index is 1.83. The first kappa shape index (κ1) is 19.8. The van der Waals surface area contributed by atoms with Crippen LogP contribution in [0.2, 0.25) is 0 Å². The molecular weight excluding hydrogens is 354 g/mol. The molecule has 0 atom stereocenters. The average molecular weight is 381 g/mol. The Labute approximate surface area is 165 Å². The van der Waals surface area contributed by atoms with Gasteiger partial charge in [0.2, 0.25) is 12.4 Å². The molecule has 1 fully saturated rings. The van der Waals surface area contributed by atoms with Crippen LogP contribution >= 0.6 is 0 Å². The fourth-order valence-electron chi connectivity index (χ4n) is 3.29. The molecular formula is C21H27N5O2. The molecule has 148 valence electrons. The van der Waals surface area contributed by atoms with Crippen molar-refractivity contribution in [3.05, 3.63) is 47.3 Å². The average Bonchev–Trinajstić information content (AvgIpc) is 2.66. The minimum Gasteiger partial charge on any atom is -0.342 e. The number of rotatable bonds is 4. The van der Waals surface area contributed by atoms with E-state index in [0.29, 0.717) is 37.8 Å². The SMILES string of the molecule is Cc1cc(C(=O)N2CCN(C=O)CC2)nc(Nc2ccccc2C(C)(C)C)n1. The maximum absolute atomic E-state index is 12.9. The van der Waals surface area contributed by atoms with Gasteiger partial charge in [-0.15, -0.1) is 0 Å². The van der Waals surface area contributed by atoms with E-state index in [4.69, 9.17) is 0 Å². The highest BCUT2D eigenvalue weighted by molar-refractivity contribution is 5.93. The monoisotopic (exact) mass is 381 g/mol. The number of hydrogen-bond acceptors (Lipinski definition) is 5. The molecule has 0 bridgehead atoms. The first-order valence-electron chi connectivity index (χ1n) is 9.49. The number of carbonyl (C=O) groups excluding carboxylic acids is 2. The summed E-state index contributed by atoms with van der Waals surface area (Å²) in [6.07, 6.45) is 0.825. The van der Waals surface area contributed by atoms with Gasteiger partial charge in [-0.1, -0.05) is 39.0 Å². The number of nitrogens with zero attached hydrogens (tertiary/aromatic N) is 4. The molecule has 1 aromatic carbocycles. The molecule has 0 spiro atoms. The summed E-state index contributed by atoms with van der Waals surface area (Å²) in [6, 6.07) is 9.75. The van der Waals surface area contributed by atoms with Gasteiger partial charge in [-0.2, -0.15) is 0 Å². The van der Waals surface area contributed by atoms with Crippen molar-refractivity contribution in [3.63, 3.8) is 0 Å². The molecule has 2 aromatic rings. The third-order valence-corrected chi connectivity index (χ3v) is 4.81. The van der Waals surface area contributed by atoms with Crippen molar-refractivity contribution >= 4 is 24.0 Å². The highest BCUT2D eigenvalue weighted by atomic mass is 16.2. The van der Waals surface area contributed by atoms with Crippen molar-refractivity contribution in [2.24, 2.45) is 0 Å². The van der Waals surface area contributed by atoms with Crippen molar-refractivity contribution in [2.45, 2.75) is 33.1 Å². The van der Waals surface area contributed by atoms with Crippen molar-refractivity contribution in [2.75, 3.05) is 31.5 Å². The van der Waals surface area contributed by atoms with Gasteiger partial charge in [-0.3, -0.25) is 9.59 Å². The predicted octanol–water partition coefficient (Wildman–Crippen LogP) is 2.74. The zero-order chi connectivity index (χ0) is 20.3. The number of amides is 2. The maximum atomic E-state index is 12.9. The molecule has 0 unspecified atom stereocenters. The van der Waals surface area contributed by atoms with Gasteiger partial charge in [-0.25, -0.2) is 9.97 Å². The lowest BCUT2D eigenvalue weighted by atomic mass is 9.86. The number of aryl methyl sites for hydroxylation is 1. The van der Waals surface area contributed by atoms with Crippen molar-refractivity contribution in [1.29, 1.82) is 0 Å². The predicted molar refractivity (Wildman–Crippen MR) is 109 cm³/mol. The normalized spacial score (nSPS) is 14.7. The van der Waals surface area contributed by atoms with E-state index in [1.807, 2.05) is 25.1 Å². The fourth-order valence-corrected chi connectivity index (χ4v) is 3.29. The Kier molecular flexibility index (Phi) is 5.63. The first-order chi connectivity index (χ1) is 13.3. The highest BCUT2D eigenvalue weighted by Crippen LogP contribution is 2.30. The third-order valence-electron chi connectivity index (χ3n) is 4.81. The minimum absolute atomic E-state index is 0.0374. The summed E-state index contributed by atoms with van der Waals surface area (Å²) in [4.78, 5) is 36.1. The van der Waals surface area contributed by atoms with E-state index in [0.717, 1.165) is 23.4 Å². The second-order valence-corrected chi connectivity index (χ2v) is 8.07. The summed E-state index contributed by atoms with van der Waals surface area (Å²) in [5.41, 5.74) is 3.13. The van der Waals surface area contributed by atoms with Crippen molar-refractivity contribution in [3.8, 4) is 0 Å². The number of piperazine rings is 1. The summed E-state index contributed by atoms with van der Waals surface area (Å²) in [5.74, 6) is 0.273. The van der Waals surface area contributed by atoms with Crippen LogP contribution in [0.5, 0.6) is 0 Å². The number of hydrogen-bond donors (Lipinski definition) is 1.